The predicted octanol–water partition coefficient (Wildman–Crippen LogP) is 2.50. The minimum atomic E-state index is -0.767. The van der Waals surface area contributed by atoms with Crippen LogP contribution in [0, 0.1) is 13.8 Å². The number of nitrogen functional groups attached to an aromatic ring is 1. The molecule has 124 valence electrons. The van der Waals surface area contributed by atoms with E-state index in [1.807, 2.05) is 32.0 Å². The van der Waals surface area contributed by atoms with E-state index >= 15 is 0 Å². The van der Waals surface area contributed by atoms with E-state index < -0.39 is 6.10 Å². The average Bonchev–Trinajstić information content (AvgIpc) is 2.54. The molecule has 0 radical (unpaired) electrons. The number of methoxy groups -OCH3 is 1. The standard InChI is InChI=1S/C18H23NO4/c1-11-4-5-12(2)14(6-11)16(21)10-23-18-15(19)7-13(9-20)8-17(18)22-3/h4-8,16,20-21H,9-10,19H2,1-3H3. The molecule has 0 aliphatic heterocycles. The molecule has 0 aliphatic rings. The fourth-order valence-electron chi connectivity index (χ4n) is 2.45. The highest BCUT2D eigenvalue weighted by Crippen LogP contribution is 2.35. The Hall–Kier alpha value is -2.24. The summed E-state index contributed by atoms with van der Waals surface area (Å²) in [5, 5.41) is 19.6. The molecule has 2 aromatic carbocycles. The number of aryl methyl sites for hydroxylation is 2. The largest absolute Gasteiger partial charge is 0.493 e. The van der Waals surface area contributed by atoms with E-state index in [0.717, 1.165) is 16.7 Å². The van der Waals surface area contributed by atoms with E-state index in [1.54, 1.807) is 12.1 Å². The van der Waals surface area contributed by atoms with Crippen molar-refractivity contribution in [3.63, 3.8) is 0 Å². The molecule has 0 fully saturated rings. The summed E-state index contributed by atoms with van der Waals surface area (Å²) in [5.41, 5.74) is 9.87. The molecule has 1 atom stereocenters. The van der Waals surface area contributed by atoms with Gasteiger partial charge in [-0.2, -0.15) is 0 Å². The number of hydrogen-bond donors (Lipinski definition) is 3. The van der Waals surface area contributed by atoms with E-state index in [1.165, 1.54) is 7.11 Å². The normalized spacial score (nSPS) is 12.0. The quantitative estimate of drug-likeness (QED) is 0.713. The van der Waals surface area contributed by atoms with Crippen molar-refractivity contribution in [3.05, 3.63) is 52.6 Å². The number of rotatable bonds is 6. The van der Waals surface area contributed by atoms with Crippen molar-refractivity contribution in [2.45, 2.75) is 26.6 Å². The lowest BCUT2D eigenvalue weighted by Crippen LogP contribution is -2.12. The first-order chi connectivity index (χ1) is 11.0. The molecule has 4 N–H and O–H groups in total. The van der Waals surface area contributed by atoms with Gasteiger partial charge in [-0.15, -0.1) is 0 Å². The molecule has 0 bridgehead atoms. The van der Waals surface area contributed by atoms with Gasteiger partial charge in [0.15, 0.2) is 11.5 Å². The number of aliphatic hydroxyl groups is 2. The number of ether oxygens (including phenoxy) is 2. The lowest BCUT2D eigenvalue weighted by atomic mass is 10.0. The van der Waals surface area contributed by atoms with Crippen molar-refractivity contribution in [1.82, 2.24) is 0 Å². The predicted molar refractivity (Wildman–Crippen MR) is 89.7 cm³/mol. The van der Waals surface area contributed by atoms with Gasteiger partial charge in [0.2, 0.25) is 0 Å². The van der Waals surface area contributed by atoms with Crippen LogP contribution in [-0.4, -0.2) is 23.9 Å². The molecular weight excluding hydrogens is 294 g/mol. The Balaban J connectivity index is 2.18. The highest BCUT2D eigenvalue weighted by atomic mass is 16.5. The second kappa shape index (κ2) is 7.35. The van der Waals surface area contributed by atoms with Crippen molar-refractivity contribution in [2.24, 2.45) is 0 Å². The molecular formula is C18H23NO4. The molecule has 0 saturated heterocycles. The first kappa shape index (κ1) is 17.1. The first-order valence-electron chi connectivity index (χ1n) is 7.41. The second-order valence-electron chi connectivity index (χ2n) is 5.56. The lowest BCUT2D eigenvalue weighted by Gasteiger charge is -2.18. The van der Waals surface area contributed by atoms with Crippen LogP contribution in [-0.2, 0) is 6.61 Å². The van der Waals surface area contributed by atoms with Crippen molar-refractivity contribution in [1.29, 1.82) is 0 Å². The van der Waals surface area contributed by atoms with Crippen molar-refractivity contribution in [3.8, 4) is 11.5 Å². The molecule has 0 amide bonds. The third-order valence-corrected chi connectivity index (χ3v) is 3.73. The van der Waals surface area contributed by atoms with Gasteiger partial charge in [0.25, 0.3) is 0 Å². The fourth-order valence-corrected chi connectivity index (χ4v) is 2.45. The summed E-state index contributed by atoms with van der Waals surface area (Å²) in [7, 11) is 1.50. The van der Waals surface area contributed by atoms with Gasteiger partial charge >= 0.3 is 0 Å². The highest BCUT2D eigenvalue weighted by molar-refractivity contribution is 5.62. The molecule has 5 heteroatoms. The molecule has 5 nitrogen and oxygen atoms in total. The van der Waals surface area contributed by atoms with Gasteiger partial charge in [-0.25, -0.2) is 0 Å². The van der Waals surface area contributed by atoms with Crippen LogP contribution in [0.15, 0.2) is 30.3 Å². The van der Waals surface area contributed by atoms with Gasteiger partial charge in [0.1, 0.15) is 12.7 Å². The zero-order chi connectivity index (χ0) is 17.0. The first-order valence-corrected chi connectivity index (χ1v) is 7.41. The Morgan fingerprint density at radius 2 is 1.91 bits per heavy atom. The number of benzene rings is 2. The smallest absolute Gasteiger partial charge is 0.184 e. The summed E-state index contributed by atoms with van der Waals surface area (Å²) in [5.74, 6) is 0.802. The molecule has 0 heterocycles. The monoisotopic (exact) mass is 317 g/mol. The SMILES string of the molecule is COc1cc(CO)cc(N)c1OCC(O)c1cc(C)ccc1C. The zero-order valence-corrected chi connectivity index (χ0v) is 13.7. The van der Waals surface area contributed by atoms with E-state index in [0.29, 0.717) is 22.7 Å². The lowest BCUT2D eigenvalue weighted by molar-refractivity contribution is 0.106. The van der Waals surface area contributed by atoms with E-state index in [9.17, 15) is 10.2 Å². The van der Waals surface area contributed by atoms with Crippen molar-refractivity contribution < 1.29 is 19.7 Å². The van der Waals surface area contributed by atoms with E-state index in [-0.39, 0.29) is 13.2 Å². The average molecular weight is 317 g/mol. The topological polar surface area (TPSA) is 84.9 Å². The van der Waals surface area contributed by atoms with Gasteiger partial charge in [-0.3, -0.25) is 0 Å². The van der Waals surface area contributed by atoms with Crippen LogP contribution in [0.4, 0.5) is 5.69 Å². The molecule has 0 spiro atoms. The fraction of sp³-hybridized carbons (Fsp3) is 0.333. The van der Waals surface area contributed by atoms with Crippen LogP contribution >= 0.6 is 0 Å². The number of anilines is 1. The highest BCUT2D eigenvalue weighted by Gasteiger charge is 2.16. The summed E-state index contributed by atoms with van der Waals surface area (Å²) in [6, 6.07) is 9.21. The Labute approximate surface area is 136 Å². The Bertz CT molecular complexity index is 685. The van der Waals surface area contributed by atoms with Crippen LogP contribution in [0.1, 0.15) is 28.4 Å². The molecule has 1 unspecified atom stereocenters. The third-order valence-electron chi connectivity index (χ3n) is 3.73. The van der Waals surface area contributed by atoms with Crippen molar-refractivity contribution >= 4 is 5.69 Å². The van der Waals surface area contributed by atoms with Crippen LogP contribution in [0.25, 0.3) is 0 Å². The Kier molecular flexibility index (Phi) is 5.47. The van der Waals surface area contributed by atoms with Crippen molar-refractivity contribution in [2.75, 3.05) is 19.5 Å². The number of nitrogens with two attached hydrogens (primary N) is 1. The molecule has 0 aromatic heterocycles. The summed E-state index contributed by atoms with van der Waals surface area (Å²) in [6.45, 7) is 3.85. The second-order valence-corrected chi connectivity index (χ2v) is 5.56. The summed E-state index contributed by atoms with van der Waals surface area (Å²) in [4.78, 5) is 0. The number of aliphatic hydroxyl groups excluding tert-OH is 2. The van der Waals surface area contributed by atoms with Gasteiger partial charge in [-0.1, -0.05) is 23.8 Å². The summed E-state index contributed by atoms with van der Waals surface area (Å²) >= 11 is 0. The van der Waals surface area contributed by atoms with E-state index in [2.05, 4.69) is 0 Å². The Morgan fingerprint density at radius 3 is 2.57 bits per heavy atom. The van der Waals surface area contributed by atoms with Crippen LogP contribution in [0.2, 0.25) is 0 Å². The third kappa shape index (κ3) is 3.94. The van der Waals surface area contributed by atoms with E-state index in [4.69, 9.17) is 15.2 Å². The van der Waals surface area contributed by atoms with Gasteiger partial charge in [-0.05, 0) is 42.7 Å². The molecule has 2 rings (SSSR count). The summed E-state index contributed by atoms with van der Waals surface area (Å²) in [6.07, 6.45) is -0.767. The maximum Gasteiger partial charge on any atom is 0.184 e. The van der Waals surface area contributed by atoms with Crippen LogP contribution in [0.3, 0.4) is 0 Å². The molecule has 2 aromatic rings. The van der Waals surface area contributed by atoms with Gasteiger partial charge < -0.3 is 25.4 Å². The molecule has 0 saturated carbocycles. The van der Waals surface area contributed by atoms with Gasteiger partial charge in [0.05, 0.1) is 19.4 Å². The number of hydrogen-bond acceptors (Lipinski definition) is 5. The van der Waals surface area contributed by atoms with Gasteiger partial charge in [0, 0.05) is 0 Å². The maximum atomic E-state index is 10.4. The summed E-state index contributed by atoms with van der Waals surface area (Å²) < 4.78 is 10.9. The van der Waals surface area contributed by atoms with Crippen LogP contribution < -0.4 is 15.2 Å². The minimum Gasteiger partial charge on any atom is -0.493 e. The zero-order valence-electron chi connectivity index (χ0n) is 13.7. The maximum absolute atomic E-state index is 10.4. The van der Waals surface area contributed by atoms with Crippen LogP contribution in [0.5, 0.6) is 11.5 Å². The molecule has 23 heavy (non-hydrogen) atoms. The molecule has 0 aliphatic carbocycles. The Morgan fingerprint density at radius 1 is 1.17 bits per heavy atom. The minimum absolute atomic E-state index is 0.0589.